The predicted molar refractivity (Wildman–Crippen MR) is 60.5 cm³/mol. The van der Waals surface area contributed by atoms with E-state index < -0.39 is 5.97 Å². The Bertz CT molecular complexity index is 537. The maximum absolute atomic E-state index is 11.0. The Labute approximate surface area is 101 Å². The number of carbonyl (C=O) groups is 1. The zero-order valence-corrected chi connectivity index (χ0v) is 9.40. The molecule has 0 saturated heterocycles. The summed E-state index contributed by atoms with van der Waals surface area (Å²) in [5, 5.41) is 9.32. The minimum Gasteiger partial charge on any atom is -0.477 e. The summed E-state index contributed by atoms with van der Waals surface area (Å²) in [6.45, 7) is 0. The van der Waals surface area contributed by atoms with Crippen molar-refractivity contribution in [1.29, 1.82) is 0 Å². The largest absolute Gasteiger partial charge is 0.477 e. The van der Waals surface area contributed by atoms with Crippen LogP contribution >= 0.6 is 23.2 Å². The Morgan fingerprint density at radius 1 is 1.38 bits per heavy atom. The third-order valence-corrected chi connectivity index (χ3v) is 2.75. The highest BCUT2D eigenvalue weighted by molar-refractivity contribution is 6.42. The molecule has 0 atom stereocenters. The van der Waals surface area contributed by atoms with Gasteiger partial charge in [-0.3, -0.25) is 4.57 Å². The van der Waals surface area contributed by atoms with Crippen molar-refractivity contribution in [3.63, 3.8) is 0 Å². The quantitative estimate of drug-likeness (QED) is 0.899. The number of carboxylic acids is 1. The molecule has 0 aromatic carbocycles. The molecule has 2 aromatic rings. The Morgan fingerprint density at radius 2 is 2.12 bits per heavy atom. The maximum atomic E-state index is 11.0. The summed E-state index contributed by atoms with van der Waals surface area (Å²) in [6.07, 6.45) is 1.55. The molecule has 2 heterocycles. The SMILES string of the molecule is O=C(O)c1cc(Cl)c(Cl)n1-c1ccccn1. The first-order valence-electron chi connectivity index (χ1n) is 4.32. The van der Waals surface area contributed by atoms with Crippen molar-refractivity contribution in [2.24, 2.45) is 0 Å². The number of aromatic nitrogens is 2. The van der Waals surface area contributed by atoms with E-state index in [0.29, 0.717) is 5.82 Å². The summed E-state index contributed by atoms with van der Waals surface area (Å²) in [5.74, 6) is -0.698. The highest BCUT2D eigenvalue weighted by Crippen LogP contribution is 2.28. The molecule has 0 fully saturated rings. The minimum absolute atomic E-state index is 0.0197. The van der Waals surface area contributed by atoms with Crippen LogP contribution in [0.2, 0.25) is 10.2 Å². The van der Waals surface area contributed by atoms with E-state index in [9.17, 15) is 4.79 Å². The first kappa shape index (κ1) is 11.0. The van der Waals surface area contributed by atoms with E-state index in [1.807, 2.05) is 0 Å². The zero-order valence-electron chi connectivity index (χ0n) is 7.89. The smallest absolute Gasteiger partial charge is 0.353 e. The Kier molecular flexibility index (Phi) is 2.85. The van der Waals surface area contributed by atoms with Crippen LogP contribution in [0.1, 0.15) is 10.5 Å². The highest BCUT2D eigenvalue weighted by atomic mass is 35.5. The third kappa shape index (κ3) is 1.77. The summed E-state index contributed by atoms with van der Waals surface area (Å²) in [6, 6.07) is 6.40. The first-order valence-corrected chi connectivity index (χ1v) is 5.08. The third-order valence-electron chi connectivity index (χ3n) is 2.00. The van der Waals surface area contributed by atoms with Crippen molar-refractivity contribution in [3.8, 4) is 5.82 Å². The van der Waals surface area contributed by atoms with Gasteiger partial charge in [0.05, 0.1) is 5.02 Å². The average molecular weight is 257 g/mol. The molecule has 2 rings (SSSR count). The Balaban J connectivity index is 2.68. The van der Waals surface area contributed by atoms with Crippen molar-refractivity contribution in [2.45, 2.75) is 0 Å². The van der Waals surface area contributed by atoms with Crippen molar-refractivity contribution in [3.05, 3.63) is 46.3 Å². The number of aromatic carboxylic acids is 1. The Morgan fingerprint density at radius 3 is 2.69 bits per heavy atom. The molecule has 0 saturated carbocycles. The summed E-state index contributed by atoms with van der Waals surface area (Å²) in [7, 11) is 0. The van der Waals surface area contributed by atoms with E-state index in [2.05, 4.69) is 4.98 Å². The van der Waals surface area contributed by atoms with Crippen LogP contribution in [0, 0.1) is 0 Å². The zero-order chi connectivity index (χ0) is 11.7. The summed E-state index contributed by atoms with van der Waals surface area (Å²) in [5.41, 5.74) is -0.0197. The minimum atomic E-state index is -1.11. The molecular weight excluding hydrogens is 251 g/mol. The second kappa shape index (κ2) is 4.15. The molecule has 16 heavy (non-hydrogen) atoms. The van der Waals surface area contributed by atoms with Crippen LogP contribution in [0.25, 0.3) is 5.82 Å². The topological polar surface area (TPSA) is 55.1 Å². The number of hydrogen-bond acceptors (Lipinski definition) is 2. The van der Waals surface area contributed by atoms with Crippen LogP contribution in [-0.4, -0.2) is 20.6 Å². The molecular formula is C10H6Cl2N2O2. The van der Waals surface area contributed by atoms with Crippen LogP contribution in [0.3, 0.4) is 0 Å². The first-order chi connectivity index (χ1) is 7.61. The predicted octanol–water partition coefficient (Wildman–Crippen LogP) is 2.88. The van der Waals surface area contributed by atoms with Gasteiger partial charge >= 0.3 is 5.97 Å². The number of pyridine rings is 1. The molecule has 2 aromatic heterocycles. The molecule has 0 spiro atoms. The molecule has 0 aliphatic rings. The molecule has 0 aliphatic heterocycles. The van der Waals surface area contributed by atoms with Gasteiger partial charge in [-0.2, -0.15) is 0 Å². The van der Waals surface area contributed by atoms with Gasteiger partial charge in [0, 0.05) is 6.20 Å². The van der Waals surface area contributed by atoms with Crippen LogP contribution in [0.5, 0.6) is 0 Å². The molecule has 0 amide bonds. The summed E-state index contributed by atoms with van der Waals surface area (Å²) < 4.78 is 1.28. The van der Waals surface area contributed by atoms with Gasteiger partial charge < -0.3 is 5.11 Å². The van der Waals surface area contributed by atoms with E-state index in [4.69, 9.17) is 28.3 Å². The molecule has 0 aliphatic carbocycles. The van der Waals surface area contributed by atoms with E-state index in [1.165, 1.54) is 10.6 Å². The molecule has 1 N–H and O–H groups in total. The van der Waals surface area contributed by atoms with E-state index in [1.54, 1.807) is 24.4 Å². The molecule has 0 unspecified atom stereocenters. The lowest BCUT2D eigenvalue weighted by molar-refractivity contribution is 0.0688. The van der Waals surface area contributed by atoms with E-state index in [0.717, 1.165) is 0 Å². The fraction of sp³-hybridized carbons (Fsp3) is 0. The average Bonchev–Trinajstić information content (AvgIpc) is 2.57. The van der Waals surface area contributed by atoms with Gasteiger partial charge in [0.1, 0.15) is 16.7 Å². The lowest BCUT2D eigenvalue weighted by Gasteiger charge is -2.05. The van der Waals surface area contributed by atoms with Gasteiger partial charge in [-0.25, -0.2) is 9.78 Å². The van der Waals surface area contributed by atoms with Gasteiger partial charge in [-0.15, -0.1) is 0 Å². The number of halogens is 2. The van der Waals surface area contributed by atoms with Crippen LogP contribution in [0.15, 0.2) is 30.5 Å². The summed E-state index contributed by atoms with van der Waals surface area (Å²) in [4.78, 5) is 15.0. The van der Waals surface area contributed by atoms with Crippen molar-refractivity contribution < 1.29 is 9.90 Å². The summed E-state index contributed by atoms with van der Waals surface area (Å²) >= 11 is 11.7. The van der Waals surface area contributed by atoms with E-state index in [-0.39, 0.29) is 15.9 Å². The lowest BCUT2D eigenvalue weighted by atomic mass is 10.4. The van der Waals surface area contributed by atoms with Crippen LogP contribution < -0.4 is 0 Å². The lowest BCUT2D eigenvalue weighted by Crippen LogP contribution is -2.07. The number of hydrogen-bond donors (Lipinski definition) is 1. The van der Waals surface area contributed by atoms with Gasteiger partial charge in [-0.05, 0) is 18.2 Å². The van der Waals surface area contributed by atoms with Gasteiger partial charge in [-0.1, -0.05) is 29.3 Å². The fourth-order valence-electron chi connectivity index (χ4n) is 1.32. The fourth-order valence-corrected chi connectivity index (χ4v) is 1.74. The standard InChI is InChI=1S/C10H6Cl2N2O2/c11-6-5-7(10(15)16)14(9(6)12)8-3-1-2-4-13-8/h1-5H,(H,15,16). The van der Waals surface area contributed by atoms with Crippen molar-refractivity contribution in [2.75, 3.05) is 0 Å². The molecule has 0 bridgehead atoms. The van der Waals surface area contributed by atoms with Gasteiger partial charge in [0.25, 0.3) is 0 Å². The molecule has 6 heteroatoms. The van der Waals surface area contributed by atoms with E-state index >= 15 is 0 Å². The molecule has 82 valence electrons. The van der Waals surface area contributed by atoms with Crippen molar-refractivity contribution in [1.82, 2.24) is 9.55 Å². The normalized spacial score (nSPS) is 10.4. The Hall–Kier alpha value is -1.52. The number of nitrogens with zero attached hydrogens (tertiary/aromatic N) is 2. The van der Waals surface area contributed by atoms with Crippen LogP contribution in [0.4, 0.5) is 0 Å². The van der Waals surface area contributed by atoms with Gasteiger partial charge in [0.2, 0.25) is 0 Å². The van der Waals surface area contributed by atoms with Crippen molar-refractivity contribution >= 4 is 29.2 Å². The number of carboxylic acid groups (broad SMARTS) is 1. The molecule has 4 nitrogen and oxygen atoms in total. The van der Waals surface area contributed by atoms with Gasteiger partial charge in [0.15, 0.2) is 0 Å². The maximum Gasteiger partial charge on any atom is 0.353 e. The second-order valence-electron chi connectivity index (χ2n) is 3.00. The highest BCUT2D eigenvalue weighted by Gasteiger charge is 2.18. The molecule has 0 radical (unpaired) electrons. The monoisotopic (exact) mass is 256 g/mol. The number of rotatable bonds is 2. The van der Waals surface area contributed by atoms with Crippen LogP contribution in [-0.2, 0) is 0 Å². The second-order valence-corrected chi connectivity index (χ2v) is 3.76.